The lowest BCUT2D eigenvalue weighted by molar-refractivity contribution is -0.138. The fraction of sp³-hybridized carbons (Fsp3) is 0.667. The molecule has 0 radical (unpaired) electrons. The fourth-order valence-corrected chi connectivity index (χ4v) is 2.71. The Bertz CT molecular complexity index is 679. The molecule has 0 saturated carbocycles. The minimum absolute atomic E-state index is 0.150. The molecule has 222 valence electrons. The van der Waals surface area contributed by atoms with Crippen molar-refractivity contribution in [1.29, 1.82) is 0 Å². The third kappa shape index (κ3) is 24.9. The van der Waals surface area contributed by atoms with Crippen LogP contribution in [0, 0.1) is 0 Å². The van der Waals surface area contributed by atoms with Crippen molar-refractivity contribution in [2.24, 2.45) is 0 Å². The Balaban J connectivity index is -0.000000656. The molecule has 0 aliphatic rings. The highest BCUT2D eigenvalue weighted by Crippen LogP contribution is 2.12. The van der Waals surface area contributed by atoms with E-state index in [0.29, 0.717) is 31.6 Å². The number of aryl methyl sites for hydroxylation is 1. The van der Waals surface area contributed by atoms with E-state index < -0.39 is 0 Å². The minimum atomic E-state index is -0.349. The van der Waals surface area contributed by atoms with Gasteiger partial charge in [0.25, 0.3) is 0 Å². The molecule has 0 saturated heterocycles. The number of unbranched alkanes of at least 4 members (excludes halogenated alkanes) is 2. The molecule has 1 aromatic carbocycles. The van der Waals surface area contributed by atoms with Crippen LogP contribution in [0.4, 0.5) is 5.69 Å². The number of imide groups is 1. The molecule has 0 bridgehead atoms. The zero-order chi connectivity index (χ0) is 30.2. The molecular weight excluding hydrogens is 482 g/mol. The quantitative estimate of drug-likeness (QED) is 0.199. The van der Waals surface area contributed by atoms with E-state index in [-0.39, 0.29) is 37.4 Å². The van der Waals surface area contributed by atoms with Gasteiger partial charge in [0.15, 0.2) is 0 Å². The van der Waals surface area contributed by atoms with E-state index in [1.165, 1.54) is 4.90 Å². The van der Waals surface area contributed by atoms with Crippen LogP contribution in [0.1, 0.15) is 107 Å². The van der Waals surface area contributed by atoms with E-state index in [1.807, 2.05) is 74.4 Å². The fourth-order valence-electron chi connectivity index (χ4n) is 2.71. The Kier molecular flexibility index (Phi) is 38.2. The first-order chi connectivity index (χ1) is 18.5. The van der Waals surface area contributed by atoms with E-state index >= 15 is 0 Å². The third-order valence-corrected chi connectivity index (χ3v) is 4.35. The third-order valence-electron chi connectivity index (χ3n) is 4.35. The van der Waals surface area contributed by atoms with E-state index in [0.717, 1.165) is 31.2 Å². The molecule has 8 nitrogen and oxygen atoms in total. The number of nitrogens with zero attached hydrogens (tertiary/aromatic N) is 1. The SMILES string of the molecule is CC.CC.CC.CC.CCCCCNC(=O)COCC(=O)Nc1ccc(CCC(=O)N(C=O)CCC)cc1. The standard InChI is InChI=1S/C22H33N3O5.4C2H6/c1-3-5-6-13-23-20(27)15-30-16-21(28)24-19-10-7-18(8-11-19)9-12-22(29)25(17-26)14-4-2;4*1-2/h7-8,10-11,17H,3-6,9,12-16H2,1-2H3,(H,23,27)(H,24,28);4*1-2H3. The van der Waals surface area contributed by atoms with Gasteiger partial charge in [0.05, 0.1) is 0 Å². The number of hydrogen-bond acceptors (Lipinski definition) is 5. The second-order valence-electron chi connectivity index (χ2n) is 6.99. The molecule has 2 N–H and O–H groups in total. The molecule has 0 spiro atoms. The summed E-state index contributed by atoms with van der Waals surface area (Å²) in [6.45, 7) is 20.7. The summed E-state index contributed by atoms with van der Waals surface area (Å²) >= 11 is 0. The average Bonchev–Trinajstić information content (AvgIpc) is 2.97. The summed E-state index contributed by atoms with van der Waals surface area (Å²) in [5, 5.41) is 5.44. The van der Waals surface area contributed by atoms with Crippen molar-refractivity contribution in [3.05, 3.63) is 29.8 Å². The van der Waals surface area contributed by atoms with Gasteiger partial charge in [0, 0.05) is 25.2 Å². The first-order valence-electron chi connectivity index (χ1n) is 14.5. The highest BCUT2D eigenvalue weighted by Gasteiger charge is 2.11. The normalized spacial score (nSPS) is 8.79. The summed E-state index contributed by atoms with van der Waals surface area (Å²) in [5.74, 6) is -0.779. The van der Waals surface area contributed by atoms with Gasteiger partial charge in [-0.2, -0.15) is 0 Å². The maximum absolute atomic E-state index is 12.0. The largest absolute Gasteiger partial charge is 0.362 e. The molecule has 0 atom stereocenters. The lowest BCUT2D eigenvalue weighted by Crippen LogP contribution is -2.30. The van der Waals surface area contributed by atoms with Crippen molar-refractivity contribution in [1.82, 2.24) is 10.2 Å². The van der Waals surface area contributed by atoms with Crippen LogP contribution in [0.3, 0.4) is 0 Å². The maximum Gasteiger partial charge on any atom is 0.250 e. The second kappa shape index (κ2) is 34.3. The van der Waals surface area contributed by atoms with E-state index in [4.69, 9.17) is 4.74 Å². The molecule has 0 aliphatic carbocycles. The van der Waals surface area contributed by atoms with Crippen LogP contribution in [0.2, 0.25) is 0 Å². The molecule has 0 aromatic heterocycles. The molecule has 38 heavy (non-hydrogen) atoms. The van der Waals surface area contributed by atoms with Crippen molar-refractivity contribution in [3.8, 4) is 0 Å². The first-order valence-corrected chi connectivity index (χ1v) is 14.5. The number of amides is 4. The highest BCUT2D eigenvalue weighted by atomic mass is 16.5. The number of hydrogen-bond donors (Lipinski definition) is 2. The molecular formula is C30H57N3O5. The van der Waals surface area contributed by atoms with Crippen LogP contribution in [-0.2, 0) is 30.3 Å². The number of nitrogens with one attached hydrogen (secondary N) is 2. The van der Waals surface area contributed by atoms with Crippen LogP contribution in [0.25, 0.3) is 0 Å². The van der Waals surface area contributed by atoms with Crippen LogP contribution >= 0.6 is 0 Å². The summed E-state index contributed by atoms with van der Waals surface area (Å²) in [4.78, 5) is 47.6. The first kappa shape index (κ1) is 42.4. The van der Waals surface area contributed by atoms with Crippen LogP contribution in [-0.4, -0.2) is 55.3 Å². The summed E-state index contributed by atoms with van der Waals surface area (Å²) in [5.41, 5.74) is 1.53. The lowest BCUT2D eigenvalue weighted by Gasteiger charge is -2.14. The molecule has 0 aliphatic heterocycles. The number of carbonyl (C=O) groups is 4. The van der Waals surface area contributed by atoms with Crippen molar-refractivity contribution in [3.63, 3.8) is 0 Å². The van der Waals surface area contributed by atoms with Crippen molar-refractivity contribution >= 4 is 29.8 Å². The Morgan fingerprint density at radius 2 is 1.37 bits per heavy atom. The molecule has 4 amide bonds. The Morgan fingerprint density at radius 3 is 1.87 bits per heavy atom. The summed E-state index contributed by atoms with van der Waals surface area (Å²) in [6, 6.07) is 7.11. The van der Waals surface area contributed by atoms with Crippen molar-refractivity contribution in [2.45, 2.75) is 108 Å². The summed E-state index contributed by atoms with van der Waals surface area (Å²) in [7, 11) is 0. The van der Waals surface area contributed by atoms with E-state index in [2.05, 4.69) is 17.6 Å². The van der Waals surface area contributed by atoms with Crippen LogP contribution in [0.15, 0.2) is 24.3 Å². The van der Waals surface area contributed by atoms with Gasteiger partial charge in [0.2, 0.25) is 24.1 Å². The van der Waals surface area contributed by atoms with Gasteiger partial charge in [-0.25, -0.2) is 0 Å². The summed E-state index contributed by atoms with van der Waals surface area (Å²) < 4.78 is 5.13. The average molecular weight is 540 g/mol. The second-order valence-corrected chi connectivity index (χ2v) is 6.99. The van der Waals surface area contributed by atoms with Gasteiger partial charge in [-0.3, -0.25) is 24.1 Å². The predicted molar refractivity (Wildman–Crippen MR) is 160 cm³/mol. The van der Waals surface area contributed by atoms with Gasteiger partial charge in [-0.05, 0) is 37.0 Å². The van der Waals surface area contributed by atoms with Crippen molar-refractivity contribution in [2.75, 3.05) is 31.6 Å². The van der Waals surface area contributed by atoms with Gasteiger partial charge >= 0.3 is 0 Å². The number of benzene rings is 1. The minimum Gasteiger partial charge on any atom is -0.362 e. The van der Waals surface area contributed by atoms with Gasteiger partial charge in [0.1, 0.15) is 13.2 Å². The molecule has 8 heteroatoms. The number of ether oxygens (including phenoxy) is 1. The zero-order valence-electron chi connectivity index (χ0n) is 25.9. The predicted octanol–water partition coefficient (Wildman–Crippen LogP) is 6.38. The highest BCUT2D eigenvalue weighted by molar-refractivity contribution is 5.92. The molecule has 0 heterocycles. The van der Waals surface area contributed by atoms with Gasteiger partial charge in [-0.15, -0.1) is 0 Å². The molecule has 1 aromatic rings. The summed E-state index contributed by atoms with van der Waals surface area (Å²) in [6.07, 6.45) is 5.14. The maximum atomic E-state index is 12.0. The number of rotatable bonds is 15. The van der Waals surface area contributed by atoms with E-state index in [1.54, 1.807) is 12.1 Å². The van der Waals surface area contributed by atoms with Gasteiger partial charge in [-0.1, -0.05) is 94.2 Å². The molecule has 0 fully saturated rings. The number of carbonyl (C=O) groups excluding carboxylic acids is 4. The van der Waals surface area contributed by atoms with Crippen molar-refractivity contribution < 1.29 is 23.9 Å². The Morgan fingerprint density at radius 1 is 0.816 bits per heavy atom. The topological polar surface area (TPSA) is 105 Å². The molecule has 1 rings (SSSR count). The smallest absolute Gasteiger partial charge is 0.250 e. The Hall–Kier alpha value is -2.74. The monoisotopic (exact) mass is 539 g/mol. The number of anilines is 1. The van der Waals surface area contributed by atoms with Gasteiger partial charge < -0.3 is 15.4 Å². The molecule has 0 unspecified atom stereocenters. The van der Waals surface area contributed by atoms with E-state index in [9.17, 15) is 19.2 Å². The zero-order valence-corrected chi connectivity index (χ0v) is 25.9. The Labute approximate surface area is 233 Å². The van der Waals surface area contributed by atoms with Crippen LogP contribution in [0.5, 0.6) is 0 Å². The lowest BCUT2D eigenvalue weighted by atomic mass is 10.1. The van der Waals surface area contributed by atoms with Crippen LogP contribution < -0.4 is 10.6 Å².